The topological polar surface area (TPSA) is 12.0 Å². The Bertz CT molecular complexity index is 269. The van der Waals surface area contributed by atoms with Crippen LogP contribution in [-0.2, 0) is 6.54 Å². The molecule has 1 N–H and O–H groups in total. The van der Waals surface area contributed by atoms with Crippen LogP contribution in [-0.4, -0.2) is 18.1 Å². The van der Waals surface area contributed by atoms with Crippen molar-refractivity contribution in [2.75, 3.05) is 12.0 Å². The van der Waals surface area contributed by atoms with E-state index in [1.54, 1.807) is 11.3 Å². The third kappa shape index (κ3) is 4.23. The molecule has 80 valence electrons. The molecule has 1 rings (SSSR count). The molecule has 0 amide bonds. The predicted octanol–water partition coefficient (Wildman–Crippen LogP) is 4.11. The number of nitrogens with one attached hydrogen (secondary N) is 1. The van der Waals surface area contributed by atoms with Gasteiger partial charge in [-0.25, -0.2) is 0 Å². The Hall–Kier alpha value is 0.970. The summed E-state index contributed by atoms with van der Waals surface area (Å²) in [6, 6.07) is 2.73. The highest BCUT2D eigenvalue weighted by atomic mass is 79.9. The average molecular weight is 359 g/mol. The Morgan fingerprint density at radius 2 is 2.29 bits per heavy atom. The van der Waals surface area contributed by atoms with Gasteiger partial charge >= 0.3 is 0 Å². The van der Waals surface area contributed by atoms with Crippen molar-refractivity contribution in [2.24, 2.45) is 0 Å². The highest BCUT2D eigenvalue weighted by molar-refractivity contribution is 9.13. The number of thioether (sulfide) groups is 1. The van der Waals surface area contributed by atoms with Crippen molar-refractivity contribution in [3.05, 3.63) is 19.2 Å². The first-order valence-electron chi connectivity index (χ1n) is 4.29. The molecule has 0 radical (unpaired) electrons. The summed E-state index contributed by atoms with van der Waals surface area (Å²) in [6.45, 7) is 3.17. The van der Waals surface area contributed by atoms with E-state index in [-0.39, 0.29) is 0 Å². The first-order valence-corrected chi connectivity index (χ1v) is 8.09. The molecule has 0 aliphatic rings. The zero-order valence-corrected chi connectivity index (χ0v) is 12.9. The minimum Gasteiger partial charge on any atom is -0.309 e. The van der Waals surface area contributed by atoms with Crippen molar-refractivity contribution < 1.29 is 0 Å². The number of halogens is 2. The lowest BCUT2D eigenvalue weighted by molar-refractivity contribution is 0.600. The summed E-state index contributed by atoms with van der Waals surface area (Å²) in [4.78, 5) is 1.36. The SMILES string of the molecule is CSCC(C)NCc1cc(Br)c(Br)s1. The fraction of sp³-hybridized carbons (Fsp3) is 0.556. The van der Waals surface area contributed by atoms with E-state index in [9.17, 15) is 0 Å². The van der Waals surface area contributed by atoms with E-state index in [4.69, 9.17) is 0 Å². The molecule has 0 aliphatic carbocycles. The third-order valence-electron chi connectivity index (χ3n) is 1.74. The highest BCUT2D eigenvalue weighted by Crippen LogP contribution is 2.32. The lowest BCUT2D eigenvalue weighted by atomic mass is 10.3. The minimum atomic E-state index is 0.574. The Kier molecular flexibility index (Phi) is 6.08. The molecular weight excluding hydrogens is 346 g/mol. The summed E-state index contributed by atoms with van der Waals surface area (Å²) in [5.74, 6) is 1.16. The second-order valence-corrected chi connectivity index (χ2v) is 7.29. The number of hydrogen-bond donors (Lipinski definition) is 1. The van der Waals surface area contributed by atoms with Crippen LogP contribution in [0.4, 0.5) is 0 Å². The van der Waals surface area contributed by atoms with Crippen LogP contribution in [0.25, 0.3) is 0 Å². The maximum absolute atomic E-state index is 3.49. The molecule has 0 aliphatic heterocycles. The zero-order chi connectivity index (χ0) is 10.6. The second kappa shape index (κ2) is 6.53. The van der Waals surface area contributed by atoms with Crippen molar-refractivity contribution in [2.45, 2.75) is 19.5 Å². The van der Waals surface area contributed by atoms with Gasteiger partial charge in [-0.3, -0.25) is 0 Å². The predicted molar refractivity (Wildman–Crippen MR) is 74.4 cm³/mol. The van der Waals surface area contributed by atoms with E-state index >= 15 is 0 Å². The second-order valence-electron chi connectivity index (χ2n) is 3.07. The molecule has 1 nitrogen and oxygen atoms in total. The smallest absolute Gasteiger partial charge is 0.0843 e. The third-order valence-corrected chi connectivity index (χ3v) is 5.83. The van der Waals surface area contributed by atoms with Crippen LogP contribution in [0.2, 0.25) is 0 Å². The van der Waals surface area contributed by atoms with Gasteiger partial charge in [0, 0.05) is 27.7 Å². The van der Waals surface area contributed by atoms with Gasteiger partial charge in [0.1, 0.15) is 0 Å². The van der Waals surface area contributed by atoms with Crippen LogP contribution in [0.15, 0.2) is 14.3 Å². The van der Waals surface area contributed by atoms with Gasteiger partial charge in [-0.15, -0.1) is 11.3 Å². The van der Waals surface area contributed by atoms with Crippen molar-refractivity contribution >= 4 is 55.0 Å². The maximum atomic E-state index is 3.49. The van der Waals surface area contributed by atoms with Crippen LogP contribution in [0.5, 0.6) is 0 Å². The molecule has 0 fully saturated rings. The number of hydrogen-bond acceptors (Lipinski definition) is 3. The van der Waals surface area contributed by atoms with Gasteiger partial charge in [0.15, 0.2) is 0 Å². The molecule has 0 bridgehead atoms. The van der Waals surface area contributed by atoms with Gasteiger partial charge in [0.05, 0.1) is 3.79 Å². The molecule has 0 aromatic carbocycles. The van der Waals surface area contributed by atoms with Gasteiger partial charge in [0.2, 0.25) is 0 Å². The van der Waals surface area contributed by atoms with Crippen LogP contribution in [0, 0.1) is 0 Å². The first kappa shape index (κ1) is 13.0. The van der Waals surface area contributed by atoms with Crippen molar-refractivity contribution in [1.82, 2.24) is 5.32 Å². The molecule has 1 aromatic heterocycles. The molecule has 1 heterocycles. The van der Waals surface area contributed by atoms with Crippen molar-refractivity contribution in [3.8, 4) is 0 Å². The molecule has 5 heteroatoms. The summed E-state index contributed by atoms with van der Waals surface area (Å²) in [7, 11) is 0. The van der Waals surface area contributed by atoms with Gasteiger partial charge in [-0.1, -0.05) is 0 Å². The summed E-state index contributed by atoms with van der Waals surface area (Å²) >= 11 is 10.6. The maximum Gasteiger partial charge on any atom is 0.0843 e. The first-order chi connectivity index (χ1) is 6.63. The van der Waals surface area contributed by atoms with Crippen LogP contribution in [0.3, 0.4) is 0 Å². The monoisotopic (exact) mass is 357 g/mol. The van der Waals surface area contributed by atoms with Gasteiger partial charge in [-0.2, -0.15) is 11.8 Å². The van der Waals surface area contributed by atoms with Crippen molar-refractivity contribution in [1.29, 1.82) is 0 Å². The summed E-state index contributed by atoms with van der Waals surface area (Å²) in [5, 5.41) is 3.49. The normalized spacial score (nSPS) is 13.1. The summed E-state index contributed by atoms with van der Waals surface area (Å²) < 4.78 is 2.32. The average Bonchev–Trinajstić information content (AvgIpc) is 2.44. The van der Waals surface area contributed by atoms with E-state index in [0.29, 0.717) is 6.04 Å². The van der Waals surface area contributed by atoms with E-state index in [2.05, 4.69) is 56.4 Å². The number of rotatable bonds is 5. The summed E-state index contributed by atoms with van der Waals surface area (Å²) in [5.41, 5.74) is 0. The minimum absolute atomic E-state index is 0.574. The van der Waals surface area contributed by atoms with E-state index in [0.717, 1.165) is 16.8 Å². The van der Waals surface area contributed by atoms with E-state index < -0.39 is 0 Å². The molecule has 1 unspecified atom stereocenters. The molecule has 14 heavy (non-hydrogen) atoms. The quantitative estimate of drug-likeness (QED) is 0.849. The Morgan fingerprint density at radius 3 is 2.79 bits per heavy atom. The molecule has 0 saturated heterocycles. The lowest BCUT2D eigenvalue weighted by Crippen LogP contribution is -2.27. The van der Waals surface area contributed by atoms with Crippen LogP contribution < -0.4 is 5.32 Å². The molecule has 0 saturated carbocycles. The number of thiophene rings is 1. The Balaban J connectivity index is 2.38. The highest BCUT2D eigenvalue weighted by Gasteiger charge is 2.05. The van der Waals surface area contributed by atoms with Gasteiger partial charge in [0.25, 0.3) is 0 Å². The Labute approximate surface area is 110 Å². The fourth-order valence-corrected chi connectivity index (χ4v) is 3.81. The molecule has 1 aromatic rings. The van der Waals surface area contributed by atoms with E-state index in [1.165, 1.54) is 8.66 Å². The Morgan fingerprint density at radius 1 is 1.57 bits per heavy atom. The van der Waals surface area contributed by atoms with E-state index in [1.807, 2.05) is 11.8 Å². The van der Waals surface area contributed by atoms with Crippen LogP contribution >= 0.6 is 55.0 Å². The lowest BCUT2D eigenvalue weighted by Gasteiger charge is -2.10. The largest absolute Gasteiger partial charge is 0.309 e. The van der Waals surface area contributed by atoms with Gasteiger partial charge in [-0.05, 0) is 51.1 Å². The van der Waals surface area contributed by atoms with Crippen molar-refractivity contribution in [3.63, 3.8) is 0 Å². The van der Waals surface area contributed by atoms with Crippen LogP contribution in [0.1, 0.15) is 11.8 Å². The zero-order valence-electron chi connectivity index (χ0n) is 8.14. The molecule has 0 spiro atoms. The molecular formula is C9H13Br2NS2. The standard InChI is InChI=1S/C9H13Br2NS2/c1-6(5-13-2)12-4-7-3-8(10)9(11)14-7/h3,6,12H,4-5H2,1-2H3. The van der Waals surface area contributed by atoms with Gasteiger partial charge < -0.3 is 5.32 Å². The fourth-order valence-electron chi connectivity index (χ4n) is 1.06. The molecule has 1 atom stereocenters. The summed E-state index contributed by atoms with van der Waals surface area (Å²) in [6.07, 6.45) is 2.14.